The fourth-order valence-corrected chi connectivity index (χ4v) is 2.77. The first kappa shape index (κ1) is 22.9. The number of nitrogens with one attached hydrogen (secondary N) is 2. The zero-order valence-corrected chi connectivity index (χ0v) is 16.9. The van der Waals surface area contributed by atoms with E-state index in [1.807, 2.05) is 22.6 Å². The highest BCUT2D eigenvalue weighted by atomic mass is 127. The number of aliphatic carboxylic acids is 1. The molecule has 0 heterocycles. The molecule has 2 aromatic rings. The van der Waals surface area contributed by atoms with Crippen LogP contribution >= 0.6 is 22.6 Å². The van der Waals surface area contributed by atoms with Crippen LogP contribution in [0, 0.1) is 21.0 Å². The molecule has 0 bridgehead atoms. The summed E-state index contributed by atoms with van der Waals surface area (Å²) in [7, 11) is 0. The molecule has 0 spiro atoms. The van der Waals surface area contributed by atoms with Gasteiger partial charge in [0, 0.05) is 22.1 Å². The van der Waals surface area contributed by atoms with Crippen molar-refractivity contribution < 1.29 is 37.8 Å². The second-order valence-electron chi connectivity index (χ2n) is 5.81. The Labute approximate surface area is 177 Å². The zero-order chi connectivity index (χ0) is 21.6. The fourth-order valence-electron chi connectivity index (χ4n) is 2.32. The second kappa shape index (κ2) is 10.4. The first-order valence-corrected chi connectivity index (χ1v) is 9.31. The maximum Gasteiger partial charge on any atom is 0.337 e. The lowest BCUT2D eigenvalue weighted by Crippen LogP contribution is -2.18. The van der Waals surface area contributed by atoms with E-state index in [1.54, 1.807) is 0 Å². The number of benzene rings is 2. The molecule has 0 aliphatic rings. The van der Waals surface area contributed by atoms with Gasteiger partial charge in [-0.05, 0) is 53.3 Å². The van der Waals surface area contributed by atoms with Gasteiger partial charge in [-0.15, -0.1) is 0 Å². The molecular weight excluding hydrogens is 508 g/mol. The summed E-state index contributed by atoms with van der Waals surface area (Å²) in [6.45, 7) is -0.359. The van der Waals surface area contributed by atoms with Crippen molar-refractivity contribution in [3.8, 4) is 0 Å². The lowest BCUT2D eigenvalue weighted by Gasteiger charge is -2.15. The molecule has 0 aromatic heterocycles. The van der Waals surface area contributed by atoms with Crippen LogP contribution in [0.4, 0.5) is 24.5 Å². The summed E-state index contributed by atoms with van der Waals surface area (Å²) in [5.74, 6) is -6.11. The number of carboxylic acids is 2. The lowest BCUT2D eigenvalue weighted by atomic mass is 10.1. The van der Waals surface area contributed by atoms with E-state index in [0.29, 0.717) is 3.57 Å². The molecule has 0 saturated carbocycles. The molecule has 156 valence electrons. The summed E-state index contributed by atoms with van der Waals surface area (Å²) in [6.07, 6.45) is 0.0767. The number of hydroxylamine groups is 1. The number of halogens is 4. The van der Waals surface area contributed by atoms with Gasteiger partial charge in [-0.2, -0.15) is 5.48 Å². The Morgan fingerprint density at radius 1 is 1.10 bits per heavy atom. The van der Waals surface area contributed by atoms with Crippen LogP contribution in [-0.4, -0.2) is 28.8 Å². The highest BCUT2D eigenvalue weighted by Gasteiger charge is 2.23. The Morgan fingerprint density at radius 3 is 2.45 bits per heavy atom. The molecule has 2 aromatic carbocycles. The number of anilines is 2. The second-order valence-corrected chi connectivity index (χ2v) is 7.05. The van der Waals surface area contributed by atoms with Gasteiger partial charge in [-0.1, -0.05) is 0 Å². The standard InChI is InChI=1S/C18H16F3IN2O5/c19-12-7-10(22)3-4-13(12)24-17-11(18(27)28)6-9(15(20)16(17)21)8-23-29-5-1-2-14(25)26/h3-4,6-7,23-24H,1-2,5,8H2,(H,25,26)(H,27,28). The zero-order valence-electron chi connectivity index (χ0n) is 14.8. The first-order chi connectivity index (χ1) is 13.7. The molecule has 0 saturated heterocycles. The summed E-state index contributed by atoms with van der Waals surface area (Å²) >= 11 is 1.87. The fraction of sp³-hybridized carbons (Fsp3) is 0.222. The Kier molecular flexibility index (Phi) is 8.22. The van der Waals surface area contributed by atoms with Crippen molar-refractivity contribution in [2.75, 3.05) is 11.9 Å². The van der Waals surface area contributed by atoms with Gasteiger partial charge in [-0.25, -0.2) is 18.0 Å². The summed E-state index contributed by atoms with van der Waals surface area (Å²) in [4.78, 5) is 26.8. The van der Waals surface area contributed by atoms with Gasteiger partial charge in [0.2, 0.25) is 0 Å². The van der Waals surface area contributed by atoms with Gasteiger partial charge in [0.25, 0.3) is 0 Å². The molecule has 0 unspecified atom stereocenters. The lowest BCUT2D eigenvalue weighted by molar-refractivity contribution is -0.137. The van der Waals surface area contributed by atoms with Crippen LogP contribution in [0.15, 0.2) is 24.3 Å². The quantitative estimate of drug-likeness (QED) is 0.211. The van der Waals surface area contributed by atoms with E-state index in [9.17, 15) is 27.9 Å². The molecule has 0 amide bonds. The Morgan fingerprint density at radius 2 is 1.83 bits per heavy atom. The van der Waals surface area contributed by atoms with Crippen LogP contribution in [0.2, 0.25) is 0 Å². The number of carboxylic acid groups (broad SMARTS) is 2. The van der Waals surface area contributed by atoms with Gasteiger partial charge < -0.3 is 20.4 Å². The Balaban J connectivity index is 2.20. The van der Waals surface area contributed by atoms with Crippen LogP contribution in [0.1, 0.15) is 28.8 Å². The molecule has 11 heteroatoms. The number of rotatable bonds is 10. The molecule has 2 rings (SSSR count). The normalized spacial score (nSPS) is 10.8. The highest BCUT2D eigenvalue weighted by molar-refractivity contribution is 14.1. The van der Waals surface area contributed by atoms with Crippen LogP contribution in [0.3, 0.4) is 0 Å². The van der Waals surface area contributed by atoms with Crippen molar-refractivity contribution in [1.29, 1.82) is 0 Å². The van der Waals surface area contributed by atoms with Crippen molar-refractivity contribution in [3.63, 3.8) is 0 Å². The minimum absolute atomic E-state index is 0.00785. The van der Waals surface area contributed by atoms with Gasteiger partial charge in [0.1, 0.15) is 5.82 Å². The van der Waals surface area contributed by atoms with Crippen molar-refractivity contribution in [1.82, 2.24) is 5.48 Å². The Hall–Kier alpha value is -2.38. The molecule has 29 heavy (non-hydrogen) atoms. The monoisotopic (exact) mass is 524 g/mol. The summed E-state index contributed by atoms with van der Waals surface area (Å²) in [6, 6.07) is 4.85. The molecule has 4 N–H and O–H groups in total. The summed E-state index contributed by atoms with van der Waals surface area (Å²) in [5.41, 5.74) is 0.484. The van der Waals surface area contributed by atoms with E-state index >= 15 is 0 Å². The van der Waals surface area contributed by atoms with Crippen molar-refractivity contribution >= 4 is 45.9 Å². The molecular formula is C18H16F3IN2O5. The smallest absolute Gasteiger partial charge is 0.337 e. The van der Waals surface area contributed by atoms with E-state index < -0.39 is 40.6 Å². The van der Waals surface area contributed by atoms with Crippen LogP contribution in [0.5, 0.6) is 0 Å². The van der Waals surface area contributed by atoms with E-state index in [4.69, 9.17) is 9.94 Å². The number of aromatic carboxylic acids is 1. The number of hydrogen-bond donors (Lipinski definition) is 4. The molecule has 7 nitrogen and oxygen atoms in total. The third kappa shape index (κ3) is 6.30. The van der Waals surface area contributed by atoms with Gasteiger partial charge in [-0.3, -0.25) is 4.79 Å². The highest BCUT2D eigenvalue weighted by Crippen LogP contribution is 2.30. The van der Waals surface area contributed by atoms with Crippen molar-refractivity contribution in [2.45, 2.75) is 19.4 Å². The average Bonchev–Trinajstić information content (AvgIpc) is 2.64. The van der Waals surface area contributed by atoms with E-state index in [0.717, 1.165) is 12.1 Å². The van der Waals surface area contributed by atoms with Gasteiger partial charge >= 0.3 is 11.9 Å². The average molecular weight is 524 g/mol. The van der Waals surface area contributed by atoms with Gasteiger partial charge in [0.15, 0.2) is 11.6 Å². The predicted octanol–water partition coefficient (Wildman–Crippen LogP) is 4.04. The maximum absolute atomic E-state index is 14.5. The third-order valence-corrected chi connectivity index (χ3v) is 4.38. The van der Waals surface area contributed by atoms with Crippen LogP contribution < -0.4 is 10.8 Å². The molecule has 0 aliphatic carbocycles. The van der Waals surface area contributed by atoms with E-state index in [2.05, 4.69) is 10.8 Å². The molecule has 0 radical (unpaired) electrons. The van der Waals surface area contributed by atoms with E-state index in [-0.39, 0.29) is 37.2 Å². The van der Waals surface area contributed by atoms with Crippen LogP contribution in [-0.2, 0) is 16.2 Å². The predicted molar refractivity (Wildman–Crippen MR) is 105 cm³/mol. The largest absolute Gasteiger partial charge is 0.481 e. The number of hydrogen-bond acceptors (Lipinski definition) is 5. The van der Waals surface area contributed by atoms with Crippen molar-refractivity contribution in [3.05, 3.63) is 56.4 Å². The molecule has 0 fully saturated rings. The minimum atomic E-state index is -1.54. The summed E-state index contributed by atoms with van der Waals surface area (Å²) in [5, 5.41) is 20.2. The van der Waals surface area contributed by atoms with Crippen molar-refractivity contribution in [2.24, 2.45) is 0 Å². The van der Waals surface area contributed by atoms with E-state index in [1.165, 1.54) is 12.1 Å². The topological polar surface area (TPSA) is 108 Å². The van der Waals surface area contributed by atoms with Gasteiger partial charge in [0.05, 0.1) is 23.5 Å². The Bertz CT molecular complexity index is 927. The molecule has 0 atom stereocenters. The van der Waals surface area contributed by atoms with Crippen LogP contribution in [0.25, 0.3) is 0 Å². The minimum Gasteiger partial charge on any atom is -0.481 e. The SMILES string of the molecule is O=C(O)CCCONCc1cc(C(=O)O)c(Nc2ccc(I)cc2F)c(F)c1F. The summed E-state index contributed by atoms with van der Waals surface area (Å²) < 4.78 is 43.5. The first-order valence-electron chi connectivity index (χ1n) is 8.23. The maximum atomic E-state index is 14.5. The number of carbonyl (C=O) groups is 2. The molecule has 0 aliphatic heterocycles. The third-order valence-electron chi connectivity index (χ3n) is 3.70.